The van der Waals surface area contributed by atoms with Crippen LogP contribution in [-0.2, 0) is 0 Å². The lowest BCUT2D eigenvalue weighted by atomic mass is 10.1. The Hall–Kier alpha value is -2.81. The number of anilines is 3. The molecule has 106 valence electrons. The molecule has 0 saturated carbocycles. The molecule has 2 heterocycles. The molecular weight excluding hydrogens is 264 g/mol. The van der Waals surface area contributed by atoms with E-state index in [-0.39, 0.29) is 0 Å². The molecule has 1 aromatic carbocycles. The first-order valence-corrected chi connectivity index (χ1v) is 6.84. The van der Waals surface area contributed by atoms with Crippen molar-refractivity contribution in [2.75, 3.05) is 41.7 Å². The third-order valence-corrected chi connectivity index (χ3v) is 3.64. The Morgan fingerprint density at radius 3 is 2.33 bits per heavy atom. The predicted molar refractivity (Wildman–Crippen MR) is 82.0 cm³/mol. The molecule has 1 saturated heterocycles. The molecule has 0 spiro atoms. The van der Waals surface area contributed by atoms with E-state index in [9.17, 15) is 0 Å². The largest absolute Gasteiger partial charge is 0.398 e. The van der Waals surface area contributed by atoms with E-state index < -0.39 is 0 Å². The van der Waals surface area contributed by atoms with E-state index in [0.717, 1.165) is 37.8 Å². The molecule has 2 N–H and O–H groups in total. The van der Waals surface area contributed by atoms with Gasteiger partial charge in [0.15, 0.2) is 0 Å². The fraction of sp³-hybridized carbons (Fsp3) is 0.267. The molecule has 0 unspecified atom stereocenters. The first-order valence-electron chi connectivity index (χ1n) is 6.84. The van der Waals surface area contributed by atoms with Gasteiger partial charge in [0.2, 0.25) is 5.95 Å². The van der Waals surface area contributed by atoms with Crippen LogP contribution in [0.3, 0.4) is 0 Å². The standard InChI is InChI=1S/C15H16N6/c16-11-12-2-3-13(10-14(12)17)20-6-8-21(9-7-20)15-18-4-1-5-19-15/h1-5,10H,6-9,17H2. The number of hydrogen-bond acceptors (Lipinski definition) is 6. The summed E-state index contributed by atoms with van der Waals surface area (Å²) < 4.78 is 0. The van der Waals surface area contributed by atoms with Gasteiger partial charge in [-0.15, -0.1) is 0 Å². The highest BCUT2D eigenvalue weighted by molar-refractivity contribution is 5.64. The SMILES string of the molecule is N#Cc1ccc(N2CCN(c3ncccn3)CC2)cc1N. The average Bonchev–Trinajstić information content (AvgIpc) is 2.56. The molecule has 0 atom stereocenters. The van der Waals surface area contributed by atoms with Crippen molar-refractivity contribution in [2.45, 2.75) is 0 Å². The Kier molecular flexibility index (Phi) is 3.56. The zero-order chi connectivity index (χ0) is 14.7. The molecule has 0 amide bonds. The summed E-state index contributed by atoms with van der Waals surface area (Å²) in [6, 6.07) is 9.50. The van der Waals surface area contributed by atoms with Gasteiger partial charge in [-0.2, -0.15) is 5.26 Å². The number of piperazine rings is 1. The second kappa shape index (κ2) is 5.67. The highest BCUT2D eigenvalue weighted by Crippen LogP contribution is 2.22. The highest BCUT2D eigenvalue weighted by atomic mass is 15.3. The molecule has 1 fully saturated rings. The normalized spacial score (nSPS) is 14.8. The number of aromatic nitrogens is 2. The van der Waals surface area contributed by atoms with Crippen molar-refractivity contribution < 1.29 is 0 Å². The van der Waals surface area contributed by atoms with Crippen molar-refractivity contribution in [2.24, 2.45) is 0 Å². The minimum Gasteiger partial charge on any atom is -0.398 e. The fourth-order valence-corrected chi connectivity index (χ4v) is 2.47. The van der Waals surface area contributed by atoms with Gasteiger partial charge in [-0.1, -0.05) is 0 Å². The van der Waals surface area contributed by atoms with Crippen molar-refractivity contribution in [3.8, 4) is 6.07 Å². The van der Waals surface area contributed by atoms with E-state index in [0.29, 0.717) is 11.3 Å². The average molecular weight is 280 g/mol. The van der Waals surface area contributed by atoms with Crippen LogP contribution < -0.4 is 15.5 Å². The lowest BCUT2D eigenvalue weighted by Crippen LogP contribution is -2.47. The maximum Gasteiger partial charge on any atom is 0.225 e. The number of hydrogen-bond donors (Lipinski definition) is 1. The zero-order valence-corrected chi connectivity index (χ0v) is 11.6. The minimum absolute atomic E-state index is 0.523. The minimum atomic E-state index is 0.523. The highest BCUT2D eigenvalue weighted by Gasteiger charge is 2.19. The van der Waals surface area contributed by atoms with Crippen LogP contribution in [0.4, 0.5) is 17.3 Å². The molecule has 6 nitrogen and oxygen atoms in total. The van der Waals surface area contributed by atoms with Crippen molar-refractivity contribution >= 4 is 17.3 Å². The van der Waals surface area contributed by atoms with Crippen LogP contribution in [-0.4, -0.2) is 36.1 Å². The molecule has 1 aliphatic rings. The van der Waals surface area contributed by atoms with Gasteiger partial charge in [0.25, 0.3) is 0 Å². The van der Waals surface area contributed by atoms with Crippen molar-refractivity contribution in [1.29, 1.82) is 5.26 Å². The molecule has 1 aliphatic heterocycles. The fourth-order valence-electron chi connectivity index (χ4n) is 2.47. The summed E-state index contributed by atoms with van der Waals surface area (Å²) >= 11 is 0. The number of nitriles is 1. The van der Waals surface area contributed by atoms with Gasteiger partial charge < -0.3 is 15.5 Å². The van der Waals surface area contributed by atoms with Crippen LogP contribution >= 0.6 is 0 Å². The third-order valence-electron chi connectivity index (χ3n) is 3.64. The van der Waals surface area contributed by atoms with Gasteiger partial charge in [0.1, 0.15) is 6.07 Å². The van der Waals surface area contributed by atoms with Crippen LogP contribution in [0.2, 0.25) is 0 Å². The summed E-state index contributed by atoms with van der Waals surface area (Å²) in [6.07, 6.45) is 3.52. The van der Waals surface area contributed by atoms with Crippen molar-refractivity contribution in [3.63, 3.8) is 0 Å². The molecule has 21 heavy (non-hydrogen) atoms. The maximum absolute atomic E-state index is 8.92. The molecule has 0 bridgehead atoms. The Balaban J connectivity index is 1.69. The Morgan fingerprint density at radius 2 is 1.71 bits per heavy atom. The lowest BCUT2D eigenvalue weighted by molar-refractivity contribution is 0.640. The maximum atomic E-state index is 8.92. The van der Waals surface area contributed by atoms with Crippen LogP contribution in [0, 0.1) is 11.3 Å². The van der Waals surface area contributed by atoms with Crippen LogP contribution in [0.15, 0.2) is 36.7 Å². The van der Waals surface area contributed by atoms with Gasteiger partial charge in [0.05, 0.1) is 11.3 Å². The van der Waals surface area contributed by atoms with Crippen molar-refractivity contribution in [1.82, 2.24) is 9.97 Å². The van der Waals surface area contributed by atoms with E-state index >= 15 is 0 Å². The second-order valence-electron chi connectivity index (χ2n) is 4.91. The summed E-state index contributed by atoms with van der Waals surface area (Å²) in [5, 5.41) is 8.92. The first kappa shape index (κ1) is 13.2. The second-order valence-corrected chi connectivity index (χ2v) is 4.91. The summed E-state index contributed by atoms with van der Waals surface area (Å²) in [5.41, 5.74) is 7.99. The number of nitrogen functional groups attached to an aromatic ring is 1. The molecule has 3 rings (SSSR count). The van der Waals surface area contributed by atoms with E-state index in [4.69, 9.17) is 11.0 Å². The predicted octanol–water partition coefficient (Wildman–Crippen LogP) is 1.26. The topological polar surface area (TPSA) is 82.1 Å². The van der Waals surface area contributed by atoms with E-state index in [1.54, 1.807) is 18.5 Å². The Morgan fingerprint density at radius 1 is 1.05 bits per heavy atom. The molecule has 0 radical (unpaired) electrons. The third kappa shape index (κ3) is 2.72. The van der Waals surface area contributed by atoms with Crippen LogP contribution in [0.5, 0.6) is 0 Å². The Bertz CT molecular complexity index is 656. The summed E-state index contributed by atoms with van der Waals surface area (Å²) in [7, 11) is 0. The quantitative estimate of drug-likeness (QED) is 0.834. The summed E-state index contributed by atoms with van der Waals surface area (Å²) in [6.45, 7) is 3.49. The van der Waals surface area contributed by atoms with Gasteiger partial charge in [-0.05, 0) is 24.3 Å². The zero-order valence-electron chi connectivity index (χ0n) is 11.6. The summed E-state index contributed by atoms with van der Waals surface area (Å²) in [4.78, 5) is 13.0. The smallest absolute Gasteiger partial charge is 0.225 e. The van der Waals surface area contributed by atoms with Crippen LogP contribution in [0.1, 0.15) is 5.56 Å². The number of benzene rings is 1. The van der Waals surface area contributed by atoms with Gasteiger partial charge >= 0.3 is 0 Å². The number of nitrogens with two attached hydrogens (primary N) is 1. The number of rotatable bonds is 2. The molecule has 2 aromatic rings. The molecule has 6 heteroatoms. The van der Waals surface area contributed by atoms with Gasteiger partial charge in [0, 0.05) is 44.3 Å². The monoisotopic (exact) mass is 280 g/mol. The molecule has 0 aliphatic carbocycles. The van der Waals surface area contributed by atoms with Crippen LogP contribution in [0.25, 0.3) is 0 Å². The van der Waals surface area contributed by atoms with E-state index in [1.807, 2.05) is 18.2 Å². The van der Waals surface area contributed by atoms with E-state index in [1.165, 1.54) is 0 Å². The molecule has 1 aromatic heterocycles. The van der Waals surface area contributed by atoms with E-state index in [2.05, 4.69) is 25.8 Å². The summed E-state index contributed by atoms with van der Waals surface area (Å²) in [5.74, 6) is 0.775. The van der Waals surface area contributed by atoms with Crippen molar-refractivity contribution in [3.05, 3.63) is 42.2 Å². The number of nitrogens with zero attached hydrogens (tertiary/aromatic N) is 5. The Labute approximate surface area is 123 Å². The van der Waals surface area contributed by atoms with Gasteiger partial charge in [-0.25, -0.2) is 9.97 Å². The lowest BCUT2D eigenvalue weighted by Gasteiger charge is -2.36. The molecular formula is C15H16N6. The first-order chi connectivity index (χ1) is 10.3. The van der Waals surface area contributed by atoms with Gasteiger partial charge in [-0.3, -0.25) is 0 Å².